The van der Waals surface area contributed by atoms with Gasteiger partial charge in [-0.15, -0.1) is 0 Å². The fourth-order valence-electron chi connectivity index (χ4n) is 2.37. The maximum Gasteiger partial charge on any atom is 0.240 e. The van der Waals surface area contributed by atoms with Crippen molar-refractivity contribution in [2.75, 3.05) is 6.54 Å². The Bertz CT molecular complexity index is 547. The first-order valence-corrected chi connectivity index (χ1v) is 7.30. The van der Waals surface area contributed by atoms with Gasteiger partial charge in [-0.3, -0.25) is 0 Å². The van der Waals surface area contributed by atoms with Crippen LogP contribution in [0.3, 0.4) is 0 Å². The normalized spacial score (nSPS) is 13.3. The number of hydrogen-bond donors (Lipinski definition) is 1. The molecule has 1 atom stereocenters. The first kappa shape index (κ1) is 15.6. The molecule has 0 aliphatic carbocycles. The van der Waals surface area contributed by atoms with Crippen molar-refractivity contribution in [3.63, 3.8) is 0 Å². The standard InChI is InChI=1S/C15H23N5O/c1-15(2,3)11(7-8-16)5-6-12-19-14(20-21-12)13-17-9-4-10-18-13/h4,9-11H,5-8,16H2,1-3H3. The van der Waals surface area contributed by atoms with Crippen LogP contribution in [0, 0.1) is 11.3 Å². The molecule has 2 aromatic rings. The Labute approximate surface area is 125 Å². The molecule has 0 amide bonds. The molecular formula is C15H23N5O. The highest BCUT2D eigenvalue weighted by molar-refractivity contribution is 5.40. The Balaban J connectivity index is 1.99. The fourth-order valence-corrected chi connectivity index (χ4v) is 2.37. The molecule has 2 N–H and O–H groups in total. The summed E-state index contributed by atoms with van der Waals surface area (Å²) in [6, 6.07) is 1.76. The predicted octanol–water partition coefficient (Wildman–Crippen LogP) is 2.47. The van der Waals surface area contributed by atoms with E-state index in [0.717, 1.165) is 19.3 Å². The number of hydrogen-bond acceptors (Lipinski definition) is 6. The highest BCUT2D eigenvalue weighted by Crippen LogP contribution is 2.32. The van der Waals surface area contributed by atoms with Gasteiger partial charge >= 0.3 is 0 Å². The summed E-state index contributed by atoms with van der Waals surface area (Å²) in [5.41, 5.74) is 5.93. The lowest BCUT2D eigenvalue weighted by Gasteiger charge is -2.30. The molecule has 0 spiro atoms. The molecule has 2 heterocycles. The minimum Gasteiger partial charge on any atom is -0.339 e. The summed E-state index contributed by atoms with van der Waals surface area (Å²) in [7, 11) is 0. The second-order valence-corrected chi connectivity index (χ2v) is 6.26. The zero-order valence-electron chi connectivity index (χ0n) is 12.9. The summed E-state index contributed by atoms with van der Waals surface area (Å²) < 4.78 is 5.29. The zero-order valence-corrected chi connectivity index (χ0v) is 12.9. The Morgan fingerprint density at radius 1 is 1.14 bits per heavy atom. The summed E-state index contributed by atoms with van der Waals surface area (Å²) in [5.74, 6) is 2.09. The number of aromatic nitrogens is 4. The van der Waals surface area contributed by atoms with Crippen LogP contribution in [0.2, 0.25) is 0 Å². The SMILES string of the molecule is CC(C)(C)C(CCN)CCc1nc(-c2ncccn2)no1. The van der Waals surface area contributed by atoms with Crippen LogP contribution in [-0.4, -0.2) is 26.7 Å². The van der Waals surface area contributed by atoms with E-state index in [4.69, 9.17) is 10.3 Å². The molecule has 6 nitrogen and oxygen atoms in total. The van der Waals surface area contributed by atoms with Crippen molar-refractivity contribution in [2.24, 2.45) is 17.1 Å². The first-order valence-electron chi connectivity index (χ1n) is 7.30. The molecule has 0 aliphatic heterocycles. The lowest BCUT2D eigenvalue weighted by atomic mass is 9.76. The van der Waals surface area contributed by atoms with Gasteiger partial charge in [0.2, 0.25) is 17.5 Å². The van der Waals surface area contributed by atoms with E-state index in [1.165, 1.54) is 0 Å². The van der Waals surface area contributed by atoms with Crippen LogP contribution in [-0.2, 0) is 6.42 Å². The quantitative estimate of drug-likeness (QED) is 0.878. The monoisotopic (exact) mass is 289 g/mol. The molecule has 0 radical (unpaired) electrons. The van der Waals surface area contributed by atoms with Gasteiger partial charge in [0.25, 0.3) is 0 Å². The number of nitrogens with zero attached hydrogens (tertiary/aromatic N) is 4. The molecule has 0 saturated heterocycles. The number of aryl methyl sites for hydroxylation is 1. The number of rotatable bonds is 6. The predicted molar refractivity (Wildman–Crippen MR) is 80.3 cm³/mol. The van der Waals surface area contributed by atoms with Gasteiger partial charge in [0.05, 0.1) is 0 Å². The van der Waals surface area contributed by atoms with E-state index in [9.17, 15) is 0 Å². The van der Waals surface area contributed by atoms with Gasteiger partial charge in [-0.2, -0.15) is 4.98 Å². The third-order valence-electron chi connectivity index (χ3n) is 3.68. The van der Waals surface area contributed by atoms with Crippen molar-refractivity contribution in [3.8, 4) is 11.6 Å². The Kier molecular flexibility index (Phi) is 5.01. The third-order valence-corrected chi connectivity index (χ3v) is 3.68. The second kappa shape index (κ2) is 6.76. The van der Waals surface area contributed by atoms with E-state index in [2.05, 4.69) is 40.9 Å². The molecule has 114 valence electrons. The Morgan fingerprint density at radius 3 is 2.48 bits per heavy atom. The maximum atomic E-state index is 5.71. The third kappa shape index (κ3) is 4.32. The van der Waals surface area contributed by atoms with Crippen molar-refractivity contribution in [1.29, 1.82) is 0 Å². The van der Waals surface area contributed by atoms with Gasteiger partial charge in [0.15, 0.2) is 0 Å². The smallest absolute Gasteiger partial charge is 0.240 e. The highest BCUT2D eigenvalue weighted by Gasteiger charge is 2.24. The molecule has 0 aliphatic rings. The van der Waals surface area contributed by atoms with Crippen molar-refractivity contribution >= 4 is 0 Å². The molecule has 2 aromatic heterocycles. The molecule has 0 saturated carbocycles. The van der Waals surface area contributed by atoms with Gasteiger partial charge in [0, 0.05) is 18.8 Å². The Hall–Kier alpha value is -1.82. The molecular weight excluding hydrogens is 266 g/mol. The fraction of sp³-hybridized carbons (Fsp3) is 0.600. The molecule has 6 heteroatoms. The second-order valence-electron chi connectivity index (χ2n) is 6.26. The summed E-state index contributed by atoms with van der Waals surface area (Å²) in [6.45, 7) is 7.42. The summed E-state index contributed by atoms with van der Waals surface area (Å²) in [4.78, 5) is 12.6. The average molecular weight is 289 g/mol. The van der Waals surface area contributed by atoms with E-state index in [1.807, 2.05) is 0 Å². The summed E-state index contributed by atoms with van der Waals surface area (Å²) >= 11 is 0. The van der Waals surface area contributed by atoms with Crippen molar-refractivity contribution < 1.29 is 4.52 Å². The van der Waals surface area contributed by atoms with Crippen LogP contribution in [0.15, 0.2) is 23.0 Å². The minimum atomic E-state index is 0.227. The van der Waals surface area contributed by atoms with Gasteiger partial charge in [-0.25, -0.2) is 9.97 Å². The topological polar surface area (TPSA) is 90.7 Å². The van der Waals surface area contributed by atoms with Crippen LogP contribution in [0.25, 0.3) is 11.6 Å². The number of nitrogens with two attached hydrogens (primary N) is 1. The van der Waals surface area contributed by atoms with Crippen molar-refractivity contribution in [2.45, 2.75) is 40.0 Å². The summed E-state index contributed by atoms with van der Waals surface area (Å²) in [5, 5.41) is 3.94. The van der Waals surface area contributed by atoms with Crippen LogP contribution in [0.4, 0.5) is 0 Å². The van der Waals surface area contributed by atoms with Gasteiger partial charge < -0.3 is 10.3 Å². The molecule has 21 heavy (non-hydrogen) atoms. The first-order chi connectivity index (χ1) is 10.0. The average Bonchev–Trinajstić information content (AvgIpc) is 2.92. The van der Waals surface area contributed by atoms with Crippen LogP contribution in [0.5, 0.6) is 0 Å². The largest absolute Gasteiger partial charge is 0.339 e. The van der Waals surface area contributed by atoms with E-state index in [-0.39, 0.29) is 5.41 Å². The van der Waals surface area contributed by atoms with Crippen LogP contribution < -0.4 is 5.73 Å². The van der Waals surface area contributed by atoms with E-state index >= 15 is 0 Å². The van der Waals surface area contributed by atoms with Crippen molar-refractivity contribution in [1.82, 2.24) is 20.1 Å². The van der Waals surface area contributed by atoms with Gasteiger partial charge in [-0.05, 0) is 36.8 Å². The minimum absolute atomic E-state index is 0.227. The highest BCUT2D eigenvalue weighted by atomic mass is 16.5. The molecule has 0 fully saturated rings. The van der Waals surface area contributed by atoms with E-state index in [1.54, 1.807) is 18.5 Å². The molecule has 0 aromatic carbocycles. The van der Waals surface area contributed by atoms with Gasteiger partial charge in [-0.1, -0.05) is 25.9 Å². The summed E-state index contributed by atoms with van der Waals surface area (Å²) in [6.07, 6.45) is 6.07. The zero-order chi connectivity index (χ0) is 15.3. The molecule has 1 unspecified atom stereocenters. The maximum absolute atomic E-state index is 5.71. The van der Waals surface area contributed by atoms with Crippen LogP contribution >= 0.6 is 0 Å². The lowest BCUT2D eigenvalue weighted by Crippen LogP contribution is -2.24. The van der Waals surface area contributed by atoms with E-state index < -0.39 is 0 Å². The molecule has 2 rings (SSSR count). The van der Waals surface area contributed by atoms with Crippen molar-refractivity contribution in [3.05, 3.63) is 24.4 Å². The Morgan fingerprint density at radius 2 is 1.86 bits per heavy atom. The van der Waals surface area contributed by atoms with E-state index in [0.29, 0.717) is 30.0 Å². The molecule has 0 bridgehead atoms. The van der Waals surface area contributed by atoms with Gasteiger partial charge in [0.1, 0.15) is 0 Å². The lowest BCUT2D eigenvalue weighted by molar-refractivity contribution is 0.208. The van der Waals surface area contributed by atoms with Crippen LogP contribution in [0.1, 0.15) is 39.5 Å².